The van der Waals surface area contributed by atoms with Crippen LogP contribution in [-0.4, -0.2) is 9.91 Å². The van der Waals surface area contributed by atoms with Crippen LogP contribution in [0.1, 0.15) is 0 Å². The van der Waals surface area contributed by atoms with Crippen LogP contribution >= 0.6 is 11.3 Å². The number of fused-ring (bicyclic) bond motifs is 1. The van der Waals surface area contributed by atoms with Crippen molar-refractivity contribution in [3.05, 3.63) is 28.1 Å². The zero-order valence-electron chi connectivity index (χ0n) is 6.73. The van der Waals surface area contributed by atoms with Crippen molar-refractivity contribution in [2.45, 2.75) is 0 Å². The number of nitro groups is 1. The van der Waals surface area contributed by atoms with Crippen LogP contribution in [0.5, 0.6) is 0 Å². The van der Waals surface area contributed by atoms with E-state index in [1.54, 1.807) is 0 Å². The van der Waals surface area contributed by atoms with Gasteiger partial charge in [0, 0.05) is 12.1 Å². The number of nitrogen functional groups attached to an aromatic ring is 1. The Balaban J connectivity index is 2.76. The third kappa shape index (κ3) is 1.27. The number of hydrogen-bond acceptors (Lipinski definition) is 5. The molecule has 0 amide bonds. The van der Waals surface area contributed by atoms with E-state index >= 15 is 0 Å². The molecule has 2 aromatic rings. The highest BCUT2D eigenvalue weighted by molar-refractivity contribution is 7.22. The SMILES string of the molecule is Nc1nc2cc(F)c([N+](=O)[O-])cc2s1. The molecule has 2 N–H and O–H groups in total. The first-order valence-electron chi connectivity index (χ1n) is 3.58. The van der Waals surface area contributed by atoms with Crippen molar-refractivity contribution in [2.24, 2.45) is 0 Å². The van der Waals surface area contributed by atoms with Crippen molar-refractivity contribution >= 4 is 32.4 Å². The van der Waals surface area contributed by atoms with Gasteiger partial charge in [0.25, 0.3) is 0 Å². The molecule has 72 valence electrons. The maximum absolute atomic E-state index is 13.1. The van der Waals surface area contributed by atoms with Gasteiger partial charge in [0.2, 0.25) is 5.82 Å². The molecule has 0 spiro atoms. The van der Waals surface area contributed by atoms with E-state index in [9.17, 15) is 14.5 Å². The number of rotatable bonds is 1. The number of nitrogens with two attached hydrogens (primary N) is 1. The van der Waals surface area contributed by atoms with Gasteiger partial charge in [-0.3, -0.25) is 10.1 Å². The van der Waals surface area contributed by atoms with Crippen LogP contribution in [0.2, 0.25) is 0 Å². The Kier molecular flexibility index (Phi) is 1.81. The molecule has 0 aliphatic rings. The number of halogens is 1. The fourth-order valence-electron chi connectivity index (χ4n) is 1.10. The van der Waals surface area contributed by atoms with Crippen molar-refractivity contribution in [1.29, 1.82) is 0 Å². The number of thiazole rings is 1. The van der Waals surface area contributed by atoms with E-state index in [1.165, 1.54) is 0 Å². The van der Waals surface area contributed by atoms with Crippen LogP contribution in [0, 0.1) is 15.9 Å². The summed E-state index contributed by atoms with van der Waals surface area (Å²) < 4.78 is 13.6. The molecular weight excluding hydrogens is 209 g/mol. The lowest BCUT2D eigenvalue weighted by Gasteiger charge is -1.92. The molecule has 1 heterocycles. The zero-order chi connectivity index (χ0) is 10.3. The summed E-state index contributed by atoms with van der Waals surface area (Å²) in [6, 6.07) is 2.15. The molecular formula is C7H4FN3O2S. The van der Waals surface area contributed by atoms with E-state index in [0.717, 1.165) is 23.5 Å². The van der Waals surface area contributed by atoms with Crippen molar-refractivity contribution in [3.63, 3.8) is 0 Å². The Bertz CT molecular complexity index is 525. The summed E-state index contributed by atoms with van der Waals surface area (Å²) >= 11 is 1.09. The number of anilines is 1. The minimum absolute atomic E-state index is 0.264. The highest BCUT2D eigenvalue weighted by Crippen LogP contribution is 2.29. The summed E-state index contributed by atoms with van der Waals surface area (Å²) in [7, 11) is 0. The lowest BCUT2D eigenvalue weighted by atomic mass is 10.3. The molecule has 1 aromatic heterocycles. The smallest absolute Gasteiger partial charge is 0.306 e. The highest BCUT2D eigenvalue weighted by atomic mass is 32.1. The van der Waals surface area contributed by atoms with Gasteiger partial charge in [-0.1, -0.05) is 11.3 Å². The van der Waals surface area contributed by atoms with E-state index in [1.807, 2.05) is 0 Å². The van der Waals surface area contributed by atoms with E-state index < -0.39 is 16.4 Å². The Hall–Kier alpha value is -1.76. The second-order valence-electron chi connectivity index (χ2n) is 2.58. The van der Waals surface area contributed by atoms with Crippen molar-refractivity contribution < 1.29 is 9.31 Å². The highest BCUT2D eigenvalue weighted by Gasteiger charge is 2.16. The average molecular weight is 213 g/mol. The topological polar surface area (TPSA) is 82.0 Å². The van der Waals surface area contributed by atoms with Gasteiger partial charge in [-0.05, 0) is 0 Å². The number of nitro benzene ring substituents is 1. The molecule has 0 aliphatic carbocycles. The Labute approximate surface area is 81.1 Å². The van der Waals surface area contributed by atoms with Crippen molar-refractivity contribution in [3.8, 4) is 0 Å². The second kappa shape index (κ2) is 2.88. The van der Waals surface area contributed by atoms with E-state index in [-0.39, 0.29) is 5.13 Å². The fourth-order valence-corrected chi connectivity index (χ4v) is 1.84. The third-order valence-corrected chi connectivity index (χ3v) is 2.52. The van der Waals surface area contributed by atoms with Crippen LogP contribution in [0.25, 0.3) is 10.2 Å². The first-order valence-corrected chi connectivity index (χ1v) is 4.39. The summed E-state index contributed by atoms with van der Waals surface area (Å²) in [5.41, 5.74) is 5.17. The predicted molar refractivity (Wildman–Crippen MR) is 50.6 cm³/mol. The standard InChI is InChI=1S/C7H4FN3O2S/c8-3-1-4-6(14-7(9)10-4)2-5(3)11(12)13/h1-2H,(H2,9,10). The molecule has 7 heteroatoms. The molecule has 0 radical (unpaired) electrons. The van der Waals surface area contributed by atoms with Crippen LogP contribution in [0.3, 0.4) is 0 Å². The maximum Gasteiger partial charge on any atom is 0.306 e. The minimum atomic E-state index is -0.896. The van der Waals surface area contributed by atoms with Gasteiger partial charge in [-0.15, -0.1) is 0 Å². The lowest BCUT2D eigenvalue weighted by molar-refractivity contribution is -0.387. The molecule has 14 heavy (non-hydrogen) atoms. The van der Waals surface area contributed by atoms with Crippen LogP contribution in [0.15, 0.2) is 12.1 Å². The molecule has 2 rings (SSSR count). The molecule has 0 saturated heterocycles. The molecule has 1 aromatic carbocycles. The van der Waals surface area contributed by atoms with Gasteiger partial charge in [0.15, 0.2) is 5.13 Å². The zero-order valence-corrected chi connectivity index (χ0v) is 7.55. The molecule has 0 aliphatic heterocycles. The average Bonchev–Trinajstić information content (AvgIpc) is 2.42. The molecule has 0 fully saturated rings. The van der Waals surface area contributed by atoms with E-state index in [2.05, 4.69) is 4.98 Å². The second-order valence-corrected chi connectivity index (χ2v) is 3.64. The van der Waals surface area contributed by atoms with Gasteiger partial charge in [0.05, 0.1) is 15.1 Å². The van der Waals surface area contributed by atoms with Gasteiger partial charge < -0.3 is 5.73 Å². The molecule has 0 saturated carbocycles. The molecule has 0 unspecified atom stereocenters. The maximum atomic E-state index is 13.1. The first kappa shape index (κ1) is 8.82. The lowest BCUT2D eigenvalue weighted by Crippen LogP contribution is -1.91. The summed E-state index contributed by atoms with van der Waals surface area (Å²) in [6.07, 6.45) is 0. The summed E-state index contributed by atoms with van der Waals surface area (Å²) in [5, 5.41) is 10.7. The van der Waals surface area contributed by atoms with Crippen LogP contribution in [-0.2, 0) is 0 Å². The van der Waals surface area contributed by atoms with E-state index in [4.69, 9.17) is 5.73 Å². The molecule has 0 atom stereocenters. The first-order chi connectivity index (χ1) is 6.58. The monoisotopic (exact) mass is 213 g/mol. The molecule has 0 bridgehead atoms. The molecule has 5 nitrogen and oxygen atoms in total. The largest absolute Gasteiger partial charge is 0.375 e. The Morgan fingerprint density at radius 3 is 2.93 bits per heavy atom. The van der Waals surface area contributed by atoms with Gasteiger partial charge in [-0.25, -0.2) is 4.98 Å². The third-order valence-electron chi connectivity index (χ3n) is 1.67. The number of aromatic nitrogens is 1. The number of benzene rings is 1. The fraction of sp³-hybridized carbons (Fsp3) is 0. The van der Waals surface area contributed by atoms with Crippen LogP contribution < -0.4 is 5.73 Å². The van der Waals surface area contributed by atoms with Crippen LogP contribution in [0.4, 0.5) is 15.2 Å². The van der Waals surface area contributed by atoms with Gasteiger partial charge >= 0.3 is 5.69 Å². The normalized spacial score (nSPS) is 10.6. The van der Waals surface area contributed by atoms with E-state index in [0.29, 0.717) is 10.2 Å². The number of nitrogens with zero attached hydrogens (tertiary/aromatic N) is 2. The Morgan fingerprint density at radius 2 is 2.29 bits per heavy atom. The number of hydrogen-bond donors (Lipinski definition) is 1. The summed E-state index contributed by atoms with van der Waals surface area (Å²) in [5.74, 6) is -0.896. The summed E-state index contributed by atoms with van der Waals surface area (Å²) in [4.78, 5) is 13.4. The summed E-state index contributed by atoms with van der Waals surface area (Å²) in [6.45, 7) is 0. The van der Waals surface area contributed by atoms with Gasteiger partial charge in [0.1, 0.15) is 0 Å². The Morgan fingerprint density at radius 1 is 1.57 bits per heavy atom. The van der Waals surface area contributed by atoms with Crippen molar-refractivity contribution in [2.75, 3.05) is 5.73 Å². The quantitative estimate of drug-likeness (QED) is 0.579. The van der Waals surface area contributed by atoms with Gasteiger partial charge in [-0.2, -0.15) is 4.39 Å². The predicted octanol–water partition coefficient (Wildman–Crippen LogP) is 1.93. The van der Waals surface area contributed by atoms with Crippen molar-refractivity contribution in [1.82, 2.24) is 4.98 Å². The minimum Gasteiger partial charge on any atom is -0.375 e.